The molecule has 0 spiro atoms. The van der Waals surface area contributed by atoms with Crippen molar-refractivity contribution in [2.45, 2.75) is 6.54 Å². The Morgan fingerprint density at radius 3 is 2.75 bits per heavy atom. The first-order valence-corrected chi connectivity index (χ1v) is 4.25. The molecule has 2 heteroatoms. The SMILES string of the molecule is CN1Cc2ccccc2N(C)C1. The number of hydrogen-bond acceptors (Lipinski definition) is 2. The van der Waals surface area contributed by atoms with E-state index in [1.165, 1.54) is 11.3 Å². The van der Waals surface area contributed by atoms with E-state index in [0.29, 0.717) is 0 Å². The number of nitrogens with zero attached hydrogens (tertiary/aromatic N) is 2. The summed E-state index contributed by atoms with van der Waals surface area (Å²) < 4.78 is 0. The molecule has 0 amide bonds. The molecule has 0 radical (unpaired) electrons. The molecule has 0 saturated carbocycles. The molecule has 1 aliphatic heterocycles. The van der Waals surface area contributed by atoms with Gasteiger partial charge in [0, 0.05) is 19.3 Å². The van der Waals surface area contributed by atoms with E-state index in [4.69, 9.17) is 0 Å². The van der Waals surface area contributed by atoms with Gasteiger partial charge in [-0.15, -0.1) is 0 Å². The number of rotatable bonds is 0. The Bertz CT molecular complexity index is 283. The summed E-state index contributed by atoms with van der Waals surface area (Å²) in [7, 11) is 4.28. The average Bonchev–Trinajstić information content (AvgIpc) is 2.04. The van der Waals surface area contributed by atoms with Gasteiger partial charge in [0.05, 0.1) is 6.67 Å². The molecule has 0 bridgehead atoms. The Kier molecular flexibility index (Phi) is 1.77. The van der Waals surface area contributed by atoms with Crippen LogP contribution in [0.2, 0.25) is 0 Å². The smallest absolute Gasteiger partial charge is 0.0704 e. The first-order chi connectivity index (χ1) is 5.77. The van der Waals surface area contributed by atoms with Crippen molar-refractivity contribution in [2.75, 3.05) is 25.7 Å². The van der Waals surface area contributed by atoms with Crippen LogP contribution in [0.3, 0.4) is 0 Å². The van der Waals surface area contributed by atoms with E-state index in [2.05, 4.69) is 48.2 Å². The van der Waals surface area contributed by atoms with Crippen molar-refractivity contribution in [3.8, 4) is 0 Å². The second-order valence-electron chi connectivity index (χ2n) is 3.48. The van der Waals surface area contributed by atoms with Crippen molar-refractivity contribution in [2.24, 2.45) is 0 Å². The van der Waals surface area contributed by atoms with Crippen LogP contribution in [-0.2, 0) is 6.54 Å². The fraction of sp³-hybridized carbons (Fsp3) is 0.400. The highest BCUT2D eigenvalue weighted by Crippen LogP contribution is 2.24. The number of fused-ring (bicyclic) bond motifs is 1. The van der Waals surface area contributed by atoms with Crippen molar-refractivity contribution in [1.82, 2.24) is 4.90 Å². The van der Waals surface area contributed by atoms with Crippen molar-refractivity contribution in [3.05, 3.63) is 29.8 Å². The minimum atomic E-state index is 1.02. The van der Waals surface area contributed by atoms with Crippen molar-refractivity contribution >= 4 is 5.69 Å². The van der Waals surface area contributed by atoms with Gasteiger partial charge in [0.2, 0.25) is 0 Å². The van der Waals surface area contributed by atoms with Crippen LogP contribution in [0, 0.1) is 0 Å². The maximum absolute atomic E-state index is 2.31. The van der Waals surface area contributed by atoms with Gasteiger partial charge in [-0.3, -0.25) is 4.90 Å². The molecule has 0 aliphatic carbocycles. The van der Waals surface area contributed by atoms with Gasteiger partial charge in [-0.1, -0.05) is 18.2 Å². The van der Waals surface area contributed by atoms with Gasteiger partial charge in [-0.2, -0.15) is 0 Å². The van der Waals surface area contributed by atoms with Crippen LogP contribution >= 0.6 is 0 Å². The van der Waals surface area contributed by atoms with E-state index in [1.807, 2.05) is 0 Å². The molecule has 2 nitrogen and oxygen atoms in total. The first kappa shape index (κ1) is 7.62. The monoisotopic (exact) mass is 162 g/mol. The predicted octanol–water partition coefficient (Wildman–Crippen LogP) is 1.53. The lowest BCUT2D eigenvalue weighted by Gasteiger charge is -2.33. The highest BCUT2D eigenvalue weighted by atomic mass is 15.3. The molecule has 0 fully saturated rings. The number of anilines is 1. The molecule has 2 rings (SSSR count). The lowest BCUT2D eigenvalue weighted by Crippen LogP contribution is -2.37. The second-order valence-corrected chi connectivity index (χ2v) is 3.48. The largest absolute Gasteiger partial charge is 0.361 e. The number of para-hydroxylation sites is 1. The van der Waals surface area contributed by atoms with Crippen LogP contribution < -0.4 is 4.90 Å². The van der Waals surface area contributed by atoms with Gasteiger partial charge in [-0.05, 0) is 18.7 Å². The predicted molar refractivity (Wildman–Crippen MR) is 51.2 cm³/mol. The summed E-state index contributed by atoms with van der Waals surface area (Å²) >= 11 is 0. The summed E-state index contributed by atoms with van der Waals surface area (Å²) in [6, 6.07) is 8.58. The summed E-state index contributed by atoms with van der Waals surface area (Å²) in [5.74, 6) is 0. The molecule has 0 N–H and O–H groups in total. The Labute approximate surface area is 73.4 Å². The number of hydrogen-bond donors (Lipinski definition) is 0. The Morgan fingerprint density at radius 1 is 1.17 bits per heavy atom. The van der Waals surface area contributed by atoms with Gasteiger partial charge >= 0.3 is 0 Å². The summed E-state index contributed by atoms with van der Waals surface area (Å²) in [6.45, 7) is 2.09. The lowest BCUT2D eigenvalue weighted by atomic mass is 10.1. The van der Waals surface area contributed by atoms with Crippen molar-refractivity contribution in [1.29, 1.82) is 0 Å². The Balaban J connectivity index is 2.40. The molecule has 1 aliphatic rings. The Hall–Kier alpha value is -1.02. The Morgan fingerprint density at radius 2 is 1.92 bits per heavy atom. The minimum absolute atomic E-state index is 1.02. The number of benzene rings is 1. The topological polar surface area (TPSA) is 6.48 Å². The lowest BCUT2D eigenvalue weighted by molar-refractivity contribution is 0.316. The van der Waals surface area contributed by atoms with E-state index >= 15 is 0 Å². The summed E-state index contributed by atoms with van der Waals surface area (Å²) in [4.78, 5) is 4.58. The zero-order valence-electron chi connectivity index (χ0n) is 7.62. The third-order valence-corrected chi connectivity index (χ3v) is 2.30. The maximum atomic E-state index is 2.31. The molecule has 12 heavy (non-hydrogen) atoms. The van der Waals surface area contributed by atoms with Gasteiger partial charge < -0.3 is 4.90 Å². The molecule has 1 aromatic rings. The van der Waals surface area contributed by atoms with Crippen LogP contribution in [0.1, 0.15) is 5.56 Å². The van der Waals surface area contributed by atoms with E-state index in [-0.39, 0.29) is 0 Å². The quantitative estimate of drug-likeness (QED) is 0.570. The third kappa shape index (κ3) is 1.18. The fourth-order valence-electron chi connectivity index (χ4n) is 1.80. The molecule has 1 aromatic carbocycles. The van der Waals surface area contributed by atoms with Crippen LogP contribution in [0.15, 0.2) is 24.3 Å². The van der Waals surface area contributed by atoms with E-state index < -0.39 is 0 Å². The van der Waals surface area contributed by atoms with Crippen LogP contribution in [0.5, 0.6) is 0 Å². The average molecular weight is 162 g/mol. The first-order valence-electron chi connectivity index (χ1n) is 4.25. The van der Waals surface area contributed by atoms with Crippen molar-refractivity contribution < 1.29 is 0 Å². The molecule has 0 aromatic heterocycles. The zero-order chi connectivity index (χ0) is 8.55. The fourth-order valence-corrected chi connectivity index (χ4v) is 1.80. The molecule has 0 unspecified atom stereocenters. The molecule has 64 valence electrons. The summed E-state index contributed by atoms with van der Waals surface area (Å²) in [6.07, 6.45) is 0. The van der Waals surface area contributed by atoms with Crippen molar-refractivity contribution in [3.63, 3.8) is 0 Å². The van der Waals surface area contributed by atoms with Gasteiger partial charge in [-0.25, -0.2) is 0 Å². The maximum Gasteiger partial charge on any atom is 0.0704 e. The normalized spacial score (nSPS) is 17.7. The van der Waals surface area contributed by atoms with Gasteiger partial charge in [0.15, 0.2) is 0 Å². The van der Waals surface area contributed by atoms with Crippen LogP contribution in [-0.4, -0.2) is 25.7 Å². The van der Waals surface area contributed by atoms with Crippen LogP contribution in [0.25, 0.3) is 0 Å². The summed E-state index contributed by atoms with van der Waals surface area (Å²) in [5, 5.41) is 0. The minimum Gasteiger partial charge on any atom is -0.361 e. The van der Waals surface area contributed by atoms with E-state index in [9.17, 15) is 0 Å². The summed E-state index contributed by atoms with van der Waals surface area (Å²) in [5.41, 5.74) is 2.80. The molecular formula is C10H14N2. The van der Waals surface area contributed by atoms with Crippen LogP contribution in [0.4, 0.5) is 5.69 Å². The molecule has 0 saturated heterocycles. The van der Waals surface area contributed by atoms with Gasteiger partial charge in [0.1, 0.15) is 0 Å². The van der Waals surface area contributed by atoms with E-state index in [1.54, 1.807) is 0 Å². The second kappa shape index (κ2) is 2.79. The highest BCUT2D eigenvalue weighted by Gasteiger charge is 2.15. The highest BCUT2D eigenvalue weighted by molar-refractivity contribution is 5.54. The van der Waals surface area contributed by atoms with E-state index in [0.717, 1.165) is 13.2 Å². The third-order valence-electron chi connectivity index (χ3n) is 2.30. The molecular weight excluding hydrogens is 148 g/mol. The van der Waals surface area contributed by atoms with Gasteiger partial charge in [0.25, 0.3) is 0 Å². The molecule has 1 heterocycles. The standard InChI is InChI=1S/C10H14N2/c1-11-7-9-5-3-4-6-10(9)12(2)8-11/h3-6H,7-8H2,1-2H3. The molecule has 0 atom stereocenters. The zero-order valence-corrected chi connectivity index (χ0v) is 7.62.